The third-order valence-electron chi connectivity index (χ3n) is 9.14. The van der Waals surface area contributed by atoms with Crippen LogP contribution >= 0.6 is 58.3 Å². The molecular weight excluding hydrogens is 2150 g/mol. The summed E-state index contributed by atoms with van der Waals surface area (Å²) in [6, 6.07) is 34.7. The summed E-state index contributed by atoms with van der Waals surface area (Å²) < 4.78 is 7.00. The molecule has 0 aliphatic rings. The Balaban J connectivity index is 0.000000357. The first kappa shape index (κ1) is 95.4. The average molecular weight is 2180 g/mol. The van der Waals surface area contributed by atoms with Crippen molar-refractivity contribution in [3.8, 4) is 0 Å². The van der Waals surface area contributed by atoms with E-state index in [9.17, 15) is 14.7 Å². The number of carbonyl (C=O) groups excluding carboxylic acids is 1. The predicted molar refractivity (Wildman–Crippen MR) is 538 cm³/mol. The summed E-state index contributed by atoms with van der Waals surface area (Å²) in [5, 5.41) is 13.7. The second kappa shape index (κ2) is 62.9. The fraction of sp³-hybridized carbons (Fsp3) is 0.143. The number of rotatable bonds is 9. The number of carboxylic acids is 1. The van der Waals surface area contributed by atoms with E-state index in [-0.39, 0.29) is 19.1 Å². The predicted octanol–water partition coefficient (Wildman–Crippen LogP) is 13.1. The van der Waals surface area contributed by atoms with Crippen molar-refractivity contribution in [1.29, 1.82) is 0 Å². The number of carbonyl (C=O) groups is 2. The molecule has 0 amide bonds. The molecule has 0 bridgehead atoms. The summed E-state index contributed by atoms with van der Waals surface area (Å²) >= 11 is 40.1. The Hall–Kier alpha value is 5.15. The third kappa shape index (κ3) is 42.9. The lowest BCUT2D eigenvalue weighted by molar-refractivity contribution is 0.0516. The minimum absolute atomic E-state index is 0. The first-order valence-corrected chi connectivity index (χ1v) is 80.5. The Morgan fingerprint density at radius 2 is 0.760 bits per heavy atom. The van der Waals surface area contributed by atoms with Gasteiger partial charge < -0.3 is 19.4 Å². The van der Waals surface area contributed by atoms with Gasteiger partial charge in [-0.1, -0.05) is 113 Å². The SMILES string of the molecule is C.CCOC(=O)c1[nH]c2ccc(Cl)cc2c1Sc1ccc(C)cc1.Cc1ccc(Sc2c(C(=O)O)n(Cc3ccc(Cl)cc3)c3ccc(Cl)cc23)cc1.S=S=S=S=S=S=S=S.S=S=S=S=S=S=S=S=S=S=S=S=S=S=S=S=S=S=S=S=S=S=S=S=S=S=S=S=S=S=S=S=S=S=S. The Morgan fingerprint density at radius 1 is 0.438 bits per heavy atom. The summed E-state index contributed by atoms with van der Waals surface area (Å²) in [6.45, 7) is 6.62. The van der Waals surface area contributed by atoms with Crippen molar-refractivity contribution in [2.75, 3.05) is 6.61 Å². The number of aromatic carboxylic acids is 1. The van der Waals surface area contributed by atoms with Crippen LogP contribution in [0.25, 0.3) is 21.8 Å². The number of halogens is 3. The number of aromatic amines is 1. The highest BCUT2D eigenvalue weighted by Crippen LogP contribution is 2.41. The number of hydrogen-bond acceptors (Lipinski definition) is 9. The molecule has 0 saturated heterocycles. The maximum atomic E-state index is 12.3. The van der Waals surface area contributed by atoms with Crippen LogP contribution in [0.3, 0.4) is 0 Å². The average Bonchev–Trinajstić information content (AvgIpc) is 1.61. The maximum Gasteiger partial charge on any atom is 0.355 e. The minimum atomic E-state index is -0.971. The van der Waals surface area contributed by atoms with Gasteiger partial charge in [-0.05, 0) is 99.1 Å². The Kier molecular flexibility index (Phi) is 62.4. The number of aromatic nitrogens is 2. The monoisotopic (exact) mass is 2180 g/mol. The second-order valence-electron chi connectivity index (χ2n) is 14.6. The highest BCUT2D eigenvalue weighted by atomic mass is 35.5. The van der Waals surface area contributed by atoms with Crippen LogP contribution in [-0.2, 0) is 402 Å². The topological polar surface area (TPSA) is 84.3 Å². The van der Waals surface area contributed by atoms with Crippen molar-refractivity contribution in [3.05, 3.63) is 152 Å². The summed E-state index contributed by atoms with van der Waals surface area (Å²) in [5.41, 5.74) is 5.74. The van der Waals surface area contributed by atoms with E-state index in [0.29, 0.717) is 38.8 Å². The zero-order chi connectivity index (χ0) is 68.5. The zero-order valence-electron chi connectivity index (χ0n) is 45.9. The van der Waals surface area contributed by atoms with E-state index in [2.05, 4.69) is 27.4 Å². The summed E-state index contributed by atoms with van der Waals surface area (Å²) in [4.78, 5) is 31.3. The number of esters is 1. The van der Waals surface area contributed by atoms with Gasteiger partial charge in [-0.2, -0.15) is 0 Å². The van der Waals surface area contributed by atoms with Gasteiger partial charge in [0, 0.05) is 439 Å². The molecule has 0 radical (unpaired) electrons. The Morgan fingerprint density at radius 3 is 1.10 bits per heavy atom. The second-order valence-corrected chi connectivity index (χ2v) is 87.1. The molecule has 530 valence electrons. The first-order chi connectivity index (χ1) is 46.3. The number of benzene rings is 5. The molecule has 7 rings (SSSR count). The van der Waals surface area contributed by atoms with E-state index >= 15 is 0 Å². The zero-order valence-corrected chi connectivity index (χ0v) is 84.9. The molecule has 5 aromatic carbocycles. The van der Waals surface area contributed by atoms with Gasteiger partial charge in [0.25, 0.3) is 0 Å². The highest BCUT2D eigenvalue weighted by Gasteiger charge is 2.24. The van der Waals surface area contributed by atoms with Gasteiger partial charge in [0.1, 0.15) is 11.4 Å². The van der Waals surface area contributed by atoms with E-state index in [4.69, 9.17) is 61.9 Å². The van der Waals surface area contributed by atoms with Crippen LogP contribution in [0.2, 0.25) is 15.1 Å². The number of nitrogens with one attached hydrogen (secondary N) is 1. The van der Waals surface area contributed by atoms with Crippen LogP contribution in [0.5, 0.6) is 0 Å². The van der Waals surface area contributed by atoms with E-state index < -0.39 is 5.97 Å². The molecule has 7 aromatic rings. The fourth-order valence-electron chi connectivity index (χ4n) is 5.99. The molecule has 0 unspecified atom stereocenters. The van der Waals surface area contributed by atoms with E-state index in [1.165, 1.54) is 64.6 Å². The lowest BCUT2D eigenvalue weighted by Crippen LogP contribution is -2.10. The molecule has 6 nitrogen and oxygen atoms in total. The van der Waals surface area contributed by atoms with Gasteiger partial charge in [-0.25, -0.2) is 9.59 Å². The van der Waals surface area contributed by atoms with Gasteiger partial charge in [0.2, 0.25) is 0 Å². The van der Waals surface area contributed by atoms with Crippen LogP contribution in [0, 0.1) is 13.8 Å². The van der Waals surface area contributed by atoms with Crippen LogP contribution < -0.4 is 0 Å². The molecule has 0 saturated carbocycles. The van der Waals surface area contributed by atoms with Gasteiger partial charge >= 0.3 is 11.9 Å². The van der Waals surface area contributed by atoms with E-state index in [1.807, 2.05) is 284 Å². The number of nitrogens with zero attached hydrogens (tertiary/aromatic N) is 1. The molecule has 0 spiro atoms. The lowest BCUT2D eigenvalue weighted by Gasteiger charge is -2.10. The molecular formula is C42H37Cl3N2O4S45. The molecule has 0 aliphatic heterocycles. The Bertz CT molecular complexity index is 5700. The van der Waals surface area contributed by atoms with E-state index in [0.717, 1.165) is 47.6 Å². The molecule has 54 heteroatoms. The molecule has 2 aromatic heterocycles. The fourth-order valence-corrected chi connectivity index (χ4v) is 105. The van der Waals surface area contributed by atoms with Crippen molar-refractivity contribution in [2.24, 2.45) is 0 Å². The smallest absolute Gasteiger partial charge is 0.355 e. The number of fused-ring (bicyclic) bond motifs is 2. The van der Waals surface area contributed by atoms with Crippen molar-refractivity contribution in [1.82, 2.24) is 9.55 Å². The molecule has 0 fully saturated rings. The summed E-state index contributed by atoms with van der Waals surface area (Å²) in [5.74, 6) is -1.32. The number of H-pyrrole nitrogens is 1. The van der Waals surface area contributed by atoms with Crippen molar-refractivity contribution in [2.45, 2.75) is 54.3 Å². The molecule has 2 N–H and O–H groups in total. The largest absolute Gasteiger partial charge is 0.477 e. The lowest BCUT2D eigenvalue weighted by atomic mass is 10.2. The third-order valence-corrected chi connectivity index (χ3v) is 94.3. The summed E-state index contributed by atoms with van der Waals surface area (Å²) in [7, 11) is 67.4. The van der Waals surface area contributed by atoms with Crippen molar-refractivity contribution < 1.29 is 19.4 Å². The van der Waals surface area contributed by atoms with Crippen molar-refractivity contribution >= 4 is 483 Å². The molecule has 2 heterocycles. The van der Waals surface area contributed by atoms with Gasteiger partial charge in [-0.15, -0.1) is 0 Å². The Labute approximate surface area is 710 Å². The molecule has 0 atom stereocenters. The minimum Gasteiger partial charge on any atom is -0.477 e. The summed E-state index contributed by atoms with van der Waals surface area (Å²) in [6.07, 6.45) is 0. The normalized spacial score (nSPS) is 9.31. The van der Waals surface area contributed by atoms with E-state index in [1.54, 1.807) is 161 Å². The molecule has 0 aliphatic carbocycles. The van der Waals surface area contributed by atoms with Crippen LogP contribution in [-0.4, -0.2) is 33.2 Å². The van der Waals surface area contributed by atoms with Gasteiger partial charge in [-0.3, -0.25) is 0 Å². The first-order valence-electron chi connectivity index (χ1n) is 23.1. The van der Waals surface area contributed by atoms with Gasteiger partial charge in [0.15, 0.2) is 0 Å². The van der Waals surface area contributed by atoms with Gasteiger partial charge in [0.05, 0.1) is 21.9 Å². The van der Waals surface area contributed by atoms with Crippen LogP contribution in [0.1, 0.15) is 52.0 Å². The number of hydrogen-bond donors (Lipinski definition) is 2. The number of ether oxygens (including phenoxy) is 1. The standard InChI is InChI=1S/C23H17Cl2NO2S.C18H16ClNO2S.CH4.S35.S8/c1-14-2-9-18(10-3-14)29-22-19-12-17(25)8-11-20(19)26(21(22)23(27)28)13-15-4-6-16(24)7-5-15;1-3-22-18(21)16-17(23-13-7-4-11(2)5-8-13)14-10-12(19)6-9-15(14)20-16;;1-3-5-7-9-11-13-15-17-19-21-23-25-27-29-31-33-35-34-32-30-28-26-24-22-20-18-16-14-12-10-8-6-4-2;1-3-5-7-8-6-4-2/h2-12H,13H2,1H3,(H,27,28);4-10,20H,3H2,1-2H3;1H4;;. The van der Waals surface area contributed by atoms with Crippen LogP contribution in [0.15, 0.2) is 129 Å². The number of aryl methyl sites for hydroxylation is 2. The maximum absolute atomic E-state index is 12.3. The number of carboxylic acid groups (broad SMARTS) is 1. The molecule has 96 heavy (non-hydrogen) atoms. The van der Waals surface area contributed by atoms with Crippen molar-refractivity contribution in [3.63, 3.8) is 0 Å². The quantitative estimate of drug-likeness (QED) is 0.136. The highest BCUT2D eigenvalue weighted by molar-refractivity contribution is 8.80. The van der Waals surface area contributed by atoms with Crippen LogP contribution in [0.4, 0.5) is 0 Å².